The van der Waals surface area contributed by atoms with Crippen molar-refractivity contribution in [2.75, 3.05) is 11.9 Å². The Morgan fingerprint density at radius 3 is 2.52 bits per heavy atom. The molecule has 3 rings (SSSR count). The van der Waals surface area contributed by atoms with Crippen molar-refractivity contribution in [2.24, 2.45) is 0 Å². The fraction of sp³-hybridized carbons (Fsp3) is 0.211. The average molecular weight is 365 g/mol. The first-order valence-corrected chi connectivity index (χ1v) is 8.48. The smallest absolute Gasteiger partial charge is 0.275 e. The van der Waals surface area contributed by atoms with E-state index in [1.807, 2.05) is 12.1 Å². The summed E-state index contributed by atoms with van der Waals surface area (Å²) in [5.74, 6) is -0.188. The maximum Gasteiger partial charge on any atom is 0.275 e. The van der Waals surface area contributed by atoms with Gasteiger partial charge in [-0.3, -0.25) is 14.4 Å². The van der Waals surface area contributed by atoms with E-state index in [0.717, 1.165) is 10.1 Å². The summed E-state index contributed by atoms with van der Waals surface area (Å²) in [4.78, 5) is 40.4. The van der Waals surface area contributed by atoms with Crippen molar-refractivity contribution in [3.8, 4) is 0 Å². The topological polar surface area (TPSA) is 106 Å². The molecule has 0 fully saturated rings. The lowest BCUT2D eigenvalue weighted by atomic mass is 10.1. The minimum absolute atomic E-state index is 0.0986. The second-order valence-electron chi connectivity index (χ2n) is 5.96. The molecule has 0 saturated carbocycles. The summed E-state index contributed by atoms with van der Waals surface area (Å²) >= 11 is 0. The molecule has 8 heteroatoms. The summed E-state index contributed by atoms with van der Waals surface area (Å²) in [6.45, 7) is 1.74. The number of benzene rings is 1. The highest BCUT2D eigenvalue weighted by molar-refractivity contribution is 5.90. The Morgan fingerprint density at radius 2 is 1.78 bits per heavy atom. The van der Waals surface area contributed by atoms with Crippen LogP contribution in [-0.2, 0) is 16.1 Å². The SMILES string of the molecule is Cc1nn(CC(=O)NCCC(=O)Nc2ccccn2)c(=O)c2ccccc12. The predicted octanol–water partition coefficient (Wildman–Crippen LogP) is 1.24. The third-order valence-corrected chi connectivity index (χ3v) is 3.95. The van der Waals surface area contributed by atoms with Crippen LogP contribution < -0.4 is 16.2 Å². The molecule has 2 N–H and O–H groups in total. The Labute approximate surface area is 155 Å². The quantitative estimate of drug-likeness (QED) is 0.684. The van der Waals surface area contributed by atoms with E-state index in [-0.39, 0.29) is 36.9 Å². The minimum atomic E-state index is -0.384. The molecule has 0 radical (unpaired) electrons. The van der Waals surface area contributed by atoms with Gasteiger partial charge in [0, 0.05) is 24.5 Å². The highest BCUT2D eigenvalue weighted by atomic mass is 16.2. The van der Waals surface area contributed by atoms with Gasteiger partial charge in [-0.2, -0.15) is 5.10 Å². The summed E-state index contributed by atoms with van der Waals surface area (Å²) in [6, 6.07) is 12.3. The Bertz CT molecular complexity index is 1030. The van der Waals surface area contributed by atoms with Crippen molar-refractivity contribution >= 4 is 28.4 Å². The van der Waals surface area contributed by atoms with Crippen LogP contribution in [0.1, 0.15) is 12.1 Å². The number of anilines is 1. The standard InChI is InChI=1S/C19H19N5O3/c1-13-14-6-2-3-7-15(14)19(27)24(23-13)12-18(26)21-11-9-17(25)22-16-8-4-5-10-20-16/h2-8,10H,9,11-12H2,1H3,(H,21,26)(H,20,22,25). The number of nitrogens with one attached hydrogen (secondary N) is 2. The number of rotatable bonds is 6. The third kappa shape index (κ3) is 4.55. The fourth-order valence-corrected chi connectivity index (χ4v) is 2.66. The van der Waals surface area contributed by atoms with Crippen LogP contribution in [0.3, 0.4) is 0 Å². The van der Waals surface area contributed by atoms with Gasteiger partial charge in [0.15, 0.2) is 0 Å². The number of aromatic nitrogens is 3. The van der Waals surface area contributed by atoms with E-state index in [1.54, 1.807) is 43.5 Å². The van der Waals surface area contributed by atoms with Gasteiger partial charge in [-0.1, -0.05) is 24.3 Å². The predicted molar refractivity (Wildman–Crippen MR) is 101 cm³/mol. The van der Waals surface area contributed by atoms with Crippen molar-refractivity contribution in [1.82, 2.24) is 20.1 Å². The molecule has 138 valence electrons. The first kappa shape index (κ1) is 18.2. The molecule has 2 heterocycles. The van der Waals surface area contributed by atoms with Crippen molar-refractivity contribution in [3.63, 3.8) is 0 Å². The van der Waals surface area contributed by atoms with Gasteiger partial charge >= 0.3 is 0 Å². The van der Waals surface area contributed by atoms with Gasteiger partial charge in [0.2, 0.25) is 11.8 Å². The molecule has 0 aliphatic heterocycles. The highest BCUT2D eigenvalue weighted by Crippen LogP contribution is 2.11. The number of fused-ring (bicyclic) bond motifs is 1. The van der Waals surface area contributed by atoms with E-state index >= 15 is 0 Å². The monoisotopic (exact) mass is 365 g/mol. The number of nitrogens with zero attached hydrogens (tertiary/aromatic N) is 3. The summed E-state index contributed by atoms with van der Waals surface area (Å²) in [7, 11) is 0. The second kappa shape index (κ2) is 8.22. The number of carbonyl (C=O) groups excluding carboxylic acids is 2. The molecule has 0 spiro atoms. The number of aryl methyl sites for hydroxylation is 1. The van der Waals surface area contributed by atoms with Gasteiger partial charge in [0.1, 0.15) is 12.4 Å². The normalized spacial score (nSPS) is 10.6. The molecule has 3 aromatic rings. The summed E-state index contributed by atoms with van der Waals surface area (Å²) in [5.41, 5.74) is 0.354. The van der Waals surface area contributed by atoms with Crippen LogP contribution in [0.5, 0.6) is 0 Å². The number of carbonyl (C=O) groups is 2. The molecule has 0 aliphatic carbocycles. The number of hydrogen-bond acceptors (Lipinski definition) is 5. The fourth-order valence-electron chi connectivity index (χ4n) is 2.66. The van der Waals surface area contributed by atoms with Crippen LogP contribution in [0.15, 0.2) is 53.5 Å². The third-order valence-electron chi connectivity index (χ3n) is 3.95. The van der Waals surface area contributed by atoms with Crippen LogP contribution in [0.2, 0.25) is 0 Å². The lowest BCUT2D eigenvalue weighted by Crippen LogP contribution is -2.35. The van der Waals surface area contributed by atoms with Crippen LogP contribution in [0.4, 0.5) is 5.82 Å². The van der Waals surface area contributed by atoms with Gasteiger partial charge < -0.3 is 10.6 Å². The number of pyridine rings is 1. The molecular formula is C19H19N5O3. The van der Waals surface area contributed by atoms with Gasteiger partial charge in [-0.05, 0) is 25.1 Å². The van der Waals surface area contributed by atoms with Crippen LogP contribution in [0.25, 0.3) is 10.8 Å². The van der Waals surface area contributed by atoms with E-state index in [4.69, 9.17) is 0 Å². The Hall–Kier alpha value is -3.55. The van der Waals surface area contributed by atoms with Crippen molar-refractivity contribution in [1.29, 1.82) is 0 Å². The van der Waals surface area contributed by atoms with Crippen molar-refractivity contribution in [2.45, 2.75) is 19.9 Å². The van der Waals surface area contributed by atoms with Crippen LogP contribution in [-0.4, -0.2) is 33.1 Å². The molecule has 0 unspecified atom stereocenters. The second-order valence-corrected chi connectivity index (χ2v) is 5.96. The maximum atomic E-state index is 12.5. The van der Waals surface area contributed by atoms with E-state index in [9.17, 15) is 14.4 Å². The molecule has 0 bridgehead atoms. The Balaban J connectivity index is 1.55. The van der Waals surface area contributed by atoms with Crippen LogP contribution in [0, 0.1) is 6.92 Å². The van der Waals surface area contributed by atoms with Crippen molar-refractivity contribution < 1.29 is 9.59 Å². The van der Waals surface area contributed by atoms with E-state index in [2.05, 4.69) is 20.7 Å². The molecule has 8 nitrogen and oxygen atoms in total. The zero-order valence-corrected chi connectivity index (χ0v) is 14.8. The van der Waals surface area contributed by atoms with Gasteiger partial charge in [0.25, 0.3) is 5.56 Å². The number of hydrogen-bond donors (Lipinski definition) is 2. The molecule has 2 aromatic heterocycles. The zero-order valence-electron chi connectivity index (χ0n) is 14.8. The maximum absolute atomic E-state index is 12.5. The van der Waals surface area contributed by atoms with Gasteiger partial charge in [0.05, 0.1) is 11.1 Å². The molecule has 0 atom stereocenters. The number of amides is 2. The summed E-state index contributed by atoms with van der Waals surface area (Å²) < 4.78 is 1.14. The molecule has 2 amide bonds. The largest absolute Gasteiger partial charge is 0.354 e. The minimum Gasteiger partial charge on any atom is -0.354 e. The average Bonchev–Trinajstić information content (AvgIpc) is 2.67. The van der Waals surface area contributed by atoms with E-state index in [0.29, 0.717) is 16.9 Å². The Morgan fingerprint density at radius 1 is 1.04 bits per heavy atom. The molecule has 1 aromatic carbocycles. The lowest BCUT2D eigenvalue weighted by Gasteiger charge is -2.09. The molecule has 27 heavy (non-hydrogen) atoms. The van der Waals surface area contributed by atoms with E-state index in [1.165, 1.54) is 0 Å². The zero-order chi connectivity index (χ0) is 19.2. The lowest BCUT2D eigenvalue weighted by molar-refractivity contribution is -0.122. The summed E-state index contributed by atoms with van der Waals surface area (Å²) in [5, 5.41) is 10.7. The van der Waals surface area contributed by atoms with E-state index < -0.39 is 0 Å². The van der Waals surface area contributed by atoms with Gasteiger partial charge in [-0.25, -0.2) is 9.67 Å². The molecule has 0 aliphatic rings. The molecular weight excluding hydrogens is 346 g/mol. The first-order valence-electron chi connectivity index (χ1n) is 8.48. The first-order chi connectivity index (χ1) is 13.0. The summed E-state index contributed by atoms with van der Waals surface area (Å²) in [6.07, 6.45) is 1.68. The Kier molecular flexibility index (Phi) is 5.55. The van der Waals surface area contributed by atoms with Crippen LogP contribution >= 0.6 is 0 Å². The molecule has 0 saturated heterocycles. The van der Waals surface area contributed by atoms with Gasteiger partial charge in [-0.15, -0.1) is 0 Å². The van der Waals surface area contributed by atoms with Crippen molar-refractivity contribution in [3.05, 3.63) is 64.7 Å². The highest BCUT2D eigenvalue weighted by Gasteiger charge is 2.11.